The van der Waals surface area contributed by atoms with Gasteiger partial charge in [-0.1, -0.05) is 20.8 Å². The second kappa shape index (κ2) is 4.97. The van der Waals surface area contributed by atoms with E-state index < -0.39 is 11.9 Å². The van der Waals surface area contributed by atoms with Crippen LogP contribution in [-0.4, -0.2) is 22.8 Å². The molecule has 0 aromatic heterocycles. The first-order chi connectivity index (χ1) is 6.97. The zero-order chi connectivity index (χ0) is 11.6. The molecule has 0 heterocycles. The third-order valence-electron chi connectivity index (χ3n) is 3.84. The van der Waals surface area contributed by atoms with Crippen LogP contribution in [0.2, 0.25) is 0 Å². The lowest BCUT2D eigenvalue weighted by atomic mass is 9.65. The molecule has 1 aliphatic carbocycles. The standard InChI is InChI=1S/C12H22O3/c1-7-4-8(2)11(9(3)5-7)10(6-13)12(14)15/h7-11,13H,4-6H2,1-3H3,(H,14,15). The summed E-state index contributed by atoms with van der Waals surface area (Å²) in [6.07, 6.45) is 2.16. The van der Waals surface area contributed by atoms with Crippen LogP contribution in [0.25, 0.3) is 0 Å². The number of hydrogen-bond donors (Lipinski definition) is 2. The van der Waals surface area contributed by atoms with Gasteiger partial charge in [0, 0.05) is 0 Å². The van der Waals surface area contributed by atoms with E-state index in [1.807, 2.05) is 0 Å². The molecule has 88 valence electrons. The summed E-state index contributed by atoms with van der Waals surface area (Å²) in [5.74, 6) is 0.176. The zero-order valence-electron chi connectivity index (χ0n) is 9.81. The fraction of sp³-hybridized carbons (Fsp3) is 0.917. The van der Waals surface area contributed by atoms with Gasteiger partial charge in [0.25, 0.3) is 0 Å². The molecule has 0 aromatic rings. The molecule has 0 saturated heterocycles. The van der Waals surface area contributed by atoms with Crippen molar-refractivity contribution in [2.45, 2.75) is 33.6 Å². The molecule has 1 fully saturated rings. The molecule has 3 unspecified atom stereocenters. The van der Waals surface area contributed by atoms with E-state index >= 15 is 0 Å². The molecule has 1 aliphatic rings. The van der Waals surface area contributed by atoms with Gasteiger partial charge in [0.1, 0.15) is 0 Å². The van der Waals surface area contributed by atoms with Gasteiger partial charge >= 0.3 is 5.97 Å². The molecular weight excluding hydrogens is 192 g/mol. The van der Waals surface area contributed by atoms with Crippen molar-refractivity contribution in [2.75, 3.05) is 6.61 Å². The van der Waals surface area contributed by atoms with E-state index in [4.69, 9.17) is 10.2 Å². The van der Waals surface area contributed by atoms with Crippen LogP contribution < -0.4 is 0 Å². The maximum atomic E-state index is 11.0. The molecule has 0 bridgehead atoms. The van der Waals surface area contributed by atoms with Crippen LogP contribution in [0, 0.1) is 29.6 Å². The summed E-state index contributed by atoms with van der Waals surface area (Å²) in [6.45, 7) is 6.21. The van der Waals surface area contributed by atoms with Crippen molar-refractivity contribution in [3.63, 3.8) is 0 Å². The Labute approximate surface area is 91.5 Å². The molecule has 3 atom stereocenters. The van der Waals surface area contributed by atoms with E-state index in [9.17, 15) is 4.79 Å². The molecule has 3 nitrogen and oxygen atoms in total. The van der Waals surface area contributed by atoms with Crippen molar-refractivity contribution >= 4 is 5.97 Å². The van der Waals surface area contributed by atoms with Crippen LogP contribution >= 0.6 is 0 Å². The van der Waals surface area contributed by atoms with Gasteiger partial charge in [0.15, 0.2) is 0 Å². The summed E-state index contributed by atoms with van der Waals surface area (Å²) in [4.78, 5) is 11.0. The highest BCUT2D eigenvalue weighted by Gasteiger charge is 2.39. The van der Waals surface area contributed by atoms with Gasteiger partial charge in [-0.15, -0.1) is 0 Å². The molecular formula is C12H22O3. The number of hydrogen-bond acceptors (Lipinski definition) is 2. The van der Waals surface area contributed by atoms with Gasteiger partial charge < -0.3 is 10.2 Å². The number of carboxylic acid groups (broad SMARTS) is 1. The van der Waals surface area contributed by atoms with E-state index in [0.717, 1.165) is 12.8 Å². The van der Waals surface area contributed by atoms with Gasteiger partial charge in [0.05, 0.1) is 12.5 Å². The number of aliphatic hydroxyl groups is 1. The Morgan fingerprint density at radius 1 is 1.27 bits per heavy atom. The minimum absolute atomic E-state index is 0.128. The van der Waals surface area contributed by atoms with Gasteiger partial charge in [-0.2, -0.15) is 0 Å². The van der Waals surface area contributed by atoms with E-state index in [1.54, 1.807) is 0 Å². The smallest absolute Gasteiger partial charge is 0.309 e. The molecule has 0 aromatic carbocycles. The van der Waals surface area contributed by atoms with Crippen LogP contribution in [0.3, 0.4) is 0 Å². The van der Waals surface area contributed by atoms with Gasteiger partial charge in [-0.05, 0) is 36.5 Å². The Kier molecular flexibility index (Phi) is 4.14. The average Bonchev–Trinajstić information content (AvgIpc) is 2.09. The third kappa shape index (κ3) is 2.71. The molecule has 3 heteroatoms. The van der Waals surface area contributed by atoms with Crippen molar-refractivity contribution in [3.8, 4) is 0 Å². The zero-order valence-corrected chi connectivity index (χ0v) is 9.81. The van der Waals surface area contributed by atoms with Crippen molar-refractivity contribution in [3.05, 3.63) is 0 Å². The van der Waals surface area contributed by atoms with Crippen molar-refractivity contribution in [2.24, 2.45) is 29.6 Å². The van der Waals surface area contributed by atoms with E-state index in [-0.39, 0.29) is 12.5 Å². The molecule has 0 spiro atoms. The molecule has 2 N–H and O–H groups in total. The largest absolute Gasteiger partial charge is 0.481 e. The Balaban J connectivity index is 2.77. The summed E-state index contributed by atoms with van der Waals surface area (Å²) < 4.78 is 0. The molecule has 0 aliphatic heterocycles. The number of aliphatic carboxylic acids is 1. The number of rotatable bonds is 3. The number of aliphatic hydroxyl groups excluding tert-OH is 1. The first-order valence-electron chi connectivity index (χ1n) is 5.81. The monoisotopic (exact) mass is 214 g/mol. The molecule has 0 radical (unpaired) electrons. The number of carboxylic acids is 1. The van der Waals surface area contributed by atoms with Crippen molar-refractivity contribution in [1.29, 1.82) is 0 Å². The van der Waals surface area contributed by atoms with E-state index in [1.165, 1.54) is 0 Å². The summed E-state index contributed by atoms with van der Waals surface area (Å²) in [5, 5.41) is 18.2. The SMILES string of the molecule is CC1CC(C)C(C(CO)C(=O)O)C(C)C1. The first-order valence-corrected chi connectivity index (χ1v) is 5.81. The topological polar surface area (TPSA) is 57.5 Å². The summed E-state index contributed by atoms with van der Waals surface area (Å²) in [5.41, 5.74) is 0. The Bertz CT molecular complexity index is 215. The van der Waals surface area contributed by atoms with Crippen LogP contribution in [0.4, 0.5) is 0 Å². The minimum atomic E-state index is -0.851. The third-order valence-corrected chi connectivity index (χ3v) is 3.84. The molecule has 1 saturated carbocycles. The summed E-state index contributed by atoms with van der Waals surface area (Å²) in [7, 11) is 0. The lowest BCUT2D eigenvalue weighted by molar-refractivity contribution is -0.148. The van der Waals surface area contributed by atoms with Gasteiger partial charge in [-0.3, -0.25) is 4.79 Å². The predicted octanol–water partition coefficient (Wildman–Crippen LogP) is 2.00. The van der Waals surface area contributed by atoms with Crippen LogP contribution in [0.5, 0.6) is 0 Å². The highest BCUT2D eigenvalue weighted by atomic mass is 16.4. The average molecular weight is 214 g/mol. The Morgan fingerprint density at radius 3 is 2.07 bits per heavy atom. The molecule has 1 rings (SSSR count). The fourth-order valence-corrected chi connectivity index (χ4v) is 3.40. The van der Waals surface area contributed by atoms with Crippen LogP contribution in [-0.2, 0) is 4.79 Å². The van der Waals surface area contributed by atoms with E-state index in [2.05, 4.69) is 20.8 Å². The quantitative estimate of drug-likeness (QED) is 0.755. The van der Waals surface area contributed by atoms with Crippen LogP contribution in [0.1, 0.15) is 33.6 Å². The predicted molar refractivity (Wildman–Crippen MR) is 58.4 cm³/mol. The first kappa shape index (κ1) is 12.5. The second-order valence-corrected chi connectivity index (χ2v) is 5.24. The minimum Gasteiger partial charge on any atom is -0.481 e. The second-order valence-electron chi connectivity index (χ2n) is 5.24. The summed E-state index contributed by atoms with van der Waals surface area (Å²) >= 11 is 0. The fourth-order valence-electron chi connectivity index (χ4n) is 3.40. The van der Waals surface area contributed by atoms with Crippen molar-refractivity contribution in [1.82, 2.24) is 0 Å². The maximum absolute atomic E-state index is 11.0. The van der Waals surface area contributed by atoms with Crippen LogP contribution in [0.15, 0.2) is 0 Å². The van der Waals surface area contributed by atoms with Gasteiger partial charge in [0.2, 0.25) is 0 Å². The van der Waals surface area contributed by atoms with E-state index in [0.29, 0.717) is 17.8 Å². The summed E-state index contributed by atoms with van der Waals surface area (Å²) in [6, 6.07) is 0. The molecule has 0 amide bonds. The Hall–Kier alpha value is -0.570. The lowest BCUT2D eigenvalue weighted by Gasteiger charge is -2.40. The Morgan fingerprint density at radius 2 is 1.73 bits per heavy atom. The molecule has 15 heavy (non-hydrogen) atoms. The van der Waals surface area contributed by atoms with Gasteiger partial charge in [-0.25, -0.2) is 0 Å². The normalized spacial score (nSPS) is 38.7. The maximum Gasteiger partial charge on any atom is 0.309 e. The van der Waals surface area contributed by atoms with Crippen molar-refractivity contribution < 1.29 is 15.0 Å². The lowest BCUT2D eigenvalue weighted by Crippen LogP contribution is -2.39. The highest BCUT2D eigenvalue weighted by Crippen LogP contribution is 2.41. The highest BCUT2D eigenvalue weighted by molar-refractivity contribution is 5.70. The number of carbonyl (C=O) groups is 1.